The van der Waals surface area contributed by atoms with Crippen molar-refractivity contribution in [1.29, 1.82) is 5.26 Å². The van der Waals surface area contributed by atoms with Crippen molar-refractivity contribution in [2.24, 2.45) is 0 Å². The summed E-state index contributed by atoms with van der Waals surface area (Å²) in [7, 11) is 0. The number of aromatic nitrogens is 1. The zero-order valence-corrected chi connectivity index (χ0v) is 13.4. The Morgan fingerprint density at radius 3 is 2.68 bits per heavy atom. The Bertz CT molecular complexity index is 869. The van der Waals surface area contributed by atoms with Crippen LogP contribution in [0.25, 0.3) is 10.9 Å². The molecule has 0 atom stereocenters. The molecule has 3 rings (SSSR count). The second-order valence-corrected chi connectivity index (χ2v) is 5.19. The van der Waals surface area contributed by atoms with Gasteiger partial charge in [-0.25, -0.2) is 0 Å². The molecule has 1 N–H and O–H groups in total. The van der Waals surface area contributed by atoms with Gasteiger partial charge >= 0.3 is 0 Å². The zero-order valence-electron chi connectivity index (χ0n) is 11.8. The lowest BCUT2D eigenvalue weighted by Gasteiger charge is -2.13. The molecule has 0 fully saturated rings. The molecule has 1 aromatic heterocycles. The molecule has 0 radical (unpaired) electrons. The number of pyridine rings is 1. The van der Waals surface area contributed by atoms with Crippen molar-refractivity contribution in [3.63, 3.8) is 0 Å². The highest BCUT2D eigenvalue weighted by Gasteiger charge is 2.10. The number of nitrogens with one attached hydrogen (secondary N) is 1. The van der Waals surface area contributed by atoms with Crippen LogP contribution in [0, 0.1) is 18.3 Å². The van der Waals surface area contributed by atoms with E-state index in [0.717, 1.165) is 27.8 Å². The summed E-state index contributed by atoms with van der Waals surface area (Å²) in [6.45, 7) is 1.98. The molecule has 0 aliphatic carbocycles. The van der Waals surface area contributed by atoms with Crippen molar-refractivity contribution in [2.75, 3.05) is 5.32 Å². The Labute approximate surface area is 140 Å². The Balaban J connectivity index is 0.00000176. The van der Waals surface area contributed by atoms with Gasteiger partial charge in [-0.05, 0) is 30.7 Å². The monoisotopic (exact) mass is 329 g/mol. The maximum absolute atomic E-state index is 9.31. The van der Waals surface area contributed by atoms with Gasteiger partial charge in [-0.3, -0.25) is 4.98 Å². The minimum absolute atomic E-state index is 0. The number of fused-ring (bicyclic) bond motifs is 1. The van der Waals surface area contributed by atoms with E-state index in [-0.39, 0.29) is 12.4 Å². The fourth-order valence-corrected chi connectivity index (χ4v) is 2.50. The Kier molecular flexibility index (Phi) is 4.87. The summed E-state index contributed by atoms with van der Waals surface area (Å²) in [4.78, 5) is 4.30. The molecular formula is C17H13Cl2N3. The summed E-state index contributed by atoms with van der Waals surface area (Å²) in [5, 5.41) is 14.1. The van der Waals surface area contributed by atoms with Crippen LogP contribution in [-0.4, -0.2) is 4.98 Å². The molecule has 0 aliphatic rings. The number of halogens is 2. The molecule has 110 valence electrons. The van der Waals surface area contributed by atoms with Crippen LogP contribution in [0.1, 0.15) is 11.1 Å². The Hall–Kier alpha value is -2.28. The van der Waals surface area contributed by atoms with Gasteiger partial charge < -0.3 is 5.32 Å². The fourth-order valence-electron chi connectivity index (χ4n) is 2.22. The summed E-state index contributed by atoms with van der Waals surface area (Å²) in [5.41, 5.74) is 3.92. The molecular weight excluding hydrogens is 317 g/mol. The molecule has 1 heterocycles. The maximum atomic E-state index is 9.31. The average molecular weight is 330 g/mol. The molecule has 22 heavy (non-hydrogen) atoms. The van der Waals surface area contributed by atoms with Gasteiger partial charge in [0.15, 0.2) is 0 Å². The van der Waals surface area contributed by atoms with Crippen molar-refractivity contribution in [3.8, 4) is 6.07 Å². The van der Waals surface area contributed by atoms with Crippen LogP contribution in [0.2, 0.25) is 5.02 Å². The quantitative estimate of drug-likeness (QED) is 0.699. The number of nitrogens with zero attached hydrogens (tertiary/aromatic N) is 2. The van der Waals surface area contributed by atoms with E-state index < -0.39 is 0 Å². The van der Waals surface area contributed by atoms with Crippen LogP contribution in [-0.2, 0) is 0 Å². The number of nitriles is 1. The first-order chi connectivity index (χ1) is 10.2. The van der Waals surface area contributed by atoms with Gasteiger partial charge in [0.2, 0.25) is 0 Å². The first-order valence-electron chi connectivity index (χ1n) is 6.50. The molecule has 0 spiro atoms. The first kappa shape index (κ1) is 16.1. The van der Waals surface area contributed by atoms with E-state index in [2.05, 4.69) is 16.4 Å². The number of benzene rings is 2. The fraction of sp³-hybridized carbons (Fsp3) is 0.0588. The summed E-state index contributed by atoms with van der Waals surface area (Å²) >= 11 is 6.27. The van der Waals surface area contributed by atoms with Gasteiger partial charge in [0.1, 0.15) is 6.07 Å². The van der Waals surface area contributed by atoms with E-state index in [9.17, 15) is 5.26 Å². The second-order valence-electron chi connectivity index (χ2n) is 4.78. The minimum atomic E-state index is 0. The van der Waals surface area contributed by atoms with Gasteiger partial charge in [0.05, 0.1) is 27.5 Å². The van der Waals surface area contributed by atoms with Crippen molar-refractivity contribution in [3.05, 3.63) is 64.8 Å². The molecule has 0 aliphatic heterocycles. The lowest BCUT2D eigenvalue weighted by molar-refractivity contribution is 1.36. The molecule has 0 amide bonds. The van der Waals surface area contributed by atoms with Gasteiger partial charge in [-0.15, -0.1) is 12.4 Å². The minimum Gasteiger partial charge on any atom is -0.353 e. The summed E-state index contributed by atoms with van der Waals surface area (Å²) < 4.78 is 0. The molecule has 0 saturated heterocycles. The van der Waals surface area contributed by atoms with Crippen molar-refractivity contribution < 1.29 is 0 Å². The largest absolute Gasteiger partial charge is 0.353 e. The van der Waals surface area contributed by atoms with Crippen LogP contribution in [0.5, 0.6) is 0 Å². The molecule has 0 saturated carbocycles. The summed E-state index contributed by atoms with van der Waals surface area (Å²) in [5.74, 6) is 0. The van der Waals surface area contributed by atoms with Crippen LogP contribution < -0.4 is 5.32 Å². The standard InChI is InChI=1S/C17H12ClN3.ClH/c1-11-6-7-16(14(18)8-11)21-17-12(9-19)10-20-15-5-3-2-4-13(15)17;/h2-8,10H,1H3,(H,20,21);1H. The van der Waals surface area contributed by atoms with Gasteiger partial charge in [-0.1, -0.05) is 35.9 Å². The van der Waals surface area contributed by atoms with Crippen LogP contribution in [0.15, 0.2) is 48.7 Å². The van der Waals surface area contributed by atoms with E-state index in [4.69, 9.17) is 11.6 Å². The summed E-state index contributed by atoms with van der Waals surface area (Å²) in [6, 6.07) is 15.6. The number of aryl methyl sites for hydroxylation is 1. The molecule has 3 aromatic rings. The highest BCUT2D eigenvalue weighted by atomic mass is 35.5. The van der Waals surface area contributed by atoms with E-state index in [1.165, 1.54) is 0 Å². The Morgan fingerprint density at radius 2 is 1.95 bits per heavy atom. The van der Waals surface area contributed by atoms with Gasteiger partial charge in [0.25, 0.3) is 0 Å². The molecule has 0 unspecified atom stereocenters. The van der Waals surface area contributed by atoms with E-state index >= 15 is 0 Å². The summed E-state index contributed by atoms with van der Waals surface area (Å²) in [6.07, 6.45) is 1.58. The molecule has 2 aromatic carbocycles. The van der Waals surface area contributed by atoms with E-state index in [0.29, 0.717) is 10.6 Å². The number of hydrogen-bond donors (Lipinski definition) is 1. The molecule has 0 bridgehead atoms. The number of para-hydroxylation sites is 1. The lowest BCUT2D eigenvalue weighted by Crippen LogP contribution is -1.97. The van der Waals surface area contributed by atoms with Crippen LogP contribution in [0.4, 0.5) is 11.4 Å². The van der Waals surface area contributed by atoms with Crippen molar-refractivity contribution in [2.45, 2.75) is 6.92 Å². The van der Waals surface area contributed by atoms with Crippen molar-refractivity contribution in [1.82, 2.24) is 4.98 Å². The SMILES string of the molecule is Cc1ccc(Nc2c(C#N)cnc3ccccc23)c(Cl)c1.Cl. The smallest absolute Gasteiger partial charge is 0.103 e. The third-order valence-corrected chi connectivity index (χ3v) is 3.59. The Morgan fingerprint density at radius 1 is 1.18 bits per heavy atom. The third-order valence-electron chi connectivity index (χ3n) is 3.28. The molecule has 5 heteroatoms. The lowest BCUT2D eigenvalue weighted by atomic mass is 10.1. The highest BCUT2D eigenvalue weighted by Crippen LogP contribution is 2.32. The predicted octanol–water partition coefficient (Wildman–Crippen LogP) is 5.23. The van der Waals surface area contributed by atoms with E-state index in [1.807, 2.05) is 49.4 Å². The highest BCUT2D eigenvalue weighted by molar-refractivity contribution is 6.33. The van der Waals surface area contributed by atoms with E-state index in [1.54, 1.807) is 6.20 Å². The molecule has 3 nitrogen and oxygen atoms in total. The van der Waals surface area contributed by atoms with Gasteiger partial charge in [-0.2, -0.15) is 5.26 Å². The number of anilines is 2. The predicted molar refractivity (Wildman–Crippen MR) is 93.2 cm³/mol. The number of rotatable bonds is 2. The van der Waals surface area contributed by atoms with Crippen LogP contribution >= 0.6 is 24.0 Å². The van der Waals surface area contributed by atoms with Gasteiger partial charge in [0, 0.05) is 11.6 Å². The number of hydrogen-bond acceptors (Lipinski definition) is 3. The zero-order chi connectivity index (χ0) is 14.8. The second kappa shape index (κ2) is 6.65. The third kappa shape index (κ3) is 2.99. The first-order valence-corrected chi connectivity index (χ1v) is 6.88. The maximum Gasteiger partial charge on any atom is 0.103 e. The average Bonchev–Trinajstić information content (AvgIpc) is 2.50. The normalized spacial score (nSPS) is 9.86. The van der Waals surface area contributed by atoms with Crippen LogP contribution in [0.3, 0.4) is 0 Å². The van der Waals surface area contributed by atoms with Crippen molar-refractivity contribution >= 4 is 46.3 Å². The topological polar surface area (TPSA) is 48.7 Å².